The number of urea groups is 1. The molecule has 5 rings (SSSR count). The van der Waals surface area contributed by atoms with Crippen LogP contribution >= 0.6 is 0 Å². The first-order valence-electron chi connectivity index (χ1n) is 10.5. The molecule has 0 bridgehead atoms. The van der Waals surface area contributed by atoms with Gasteiger partial charge in [-0.1, -0.05) is 23.4 Å². The molecule has 0 saturated carbocycles. The average Bonchev–Trinajstić information content (AvgIpc) is 3.20. The molecule has 1 N–H and O–H groups in total. The number of ether oxygens (including phenoxy) is 1. The van der Waals surface area contributed by atoms with Gasteiger partial charge in [0.1, 0.15) is 11.6 Å². The number of rotatable bonds is 3. The first-order chi connectivity index (χ1) is 14.7. The number of piperidine rings is 1. The van der Waals surface area contributed by atoms with Crippen LogP contribution in [0.3, 0.4) is 0 Å². The van der Waals surface area contributed by atoms with Crippen molar-refractivity contribution in [2.75, 3.05) is 26.2 Å². The Bertz CT molecular complexity index is 1060. The fourth-order valence-corrected chi connectivity index (χ4v) is 4.53. The number of benzene rings is 2. The molecular formula is C23H24FN3O3. The molecule has 1 aromatic heterocycles. The highest BCUT2D eigenvalue weighted by molar-refractivity contribution is 5.80. The van der Waals surface area contributed by atoms with Crippen LogP contribution in [-0.4, -0.2) is 42.3 Å². The zero-order valence-electron chi connectivity index (χ0n) is 16.6. The number of nitrogens with one attached hydrogen (secondary N) is 1. The van der Waals surface area contributed by atoms with Crippen molar-refractivity contribution in [3.63, 3.8) is 0 Å². The third-order valence-electron chi connectivity index (χ3n) is 6.21. The van der Waals surface area contributed by atoms with E-state index in [1.165, 1.54) is 12.1 Å². The van der Waals surface area contributed by atoms with Crippen molar-refractivity contribution in [3.8, 4) is 5.75 Å². The third kappa shape index (κ3) is 3.60. The number of amides is 2. The molecule has 0 spiro atoms. The number of para-hydroxylation sites is 1. The molecule has 2 amide bonds. The second-order valence-corrected chi connectivity index (χ2v) is 8.03. The van der Waals surface area contributed by atoms with E-state index in [0.29, 0.717) is 31.8 Å². The van der Waals surface area contributed by atoms with E-state index in [0.717, 1.165) is 41.7 Å². The Morgan fingerprint density at radius 1 is 1.17 bits per heavy atom. The third-order valence-corrected chi connectivity index (χ3v) is 6.21. The number of fused-ring (bicyclic) bond motifs is 2. The van der Waals surface area contributed by atoms with Gasteiger partial charge in [-0.3, -0.25) is 0 Å². The lowest BCUT2D eigenvalue weighted by atomic mass is 9.91. The highest BCUT2D eigenvalue weighted by Crippen LogP contribution is 2.34. The van der Waals surface area contributed by atoms with Gasteiger partial charge in [0, 0.05) is 42.9 Å². The number of halogens is 1. The van der Waals surface area contributed by atoms with Gasteiger partial charge in [-0.2, -0.15) is 0 Å². The second kappa shape index (κ2) is 7.97. The maximum absolute atomic E-state index is 13.4. The van der Waals surface area contributed by atoms with Crippen LogP contribution < -0.4 is 10.1 Å². The van der Waals surface area contributed by atoms with Crippen LogP contribution in [0, 0.1) is 5.82 Å². The summed E-state index contributed by atoms with van der Waals surface area (Å²) in [5.41, 5.74) is 2.50. The number of carbonyl (C=O) groups is 1. The predicted octanol–water partition coefficient (Wildman–Crippen LogP) is 4.42. The minimum absolute atomic E-state index is 0.0236. The van der Waals surface area contributed by atoms with E-state index in [1.54, 1.807) is 6.07 Å². The number of hydrogen-bond donors (Lipinski definition) is 1. The van der Waals surface area contributed by atoms with Crippen molar-refractivity contribution in [1.29, 1.82) is 0 Å². The number of hydrogen-bond acceptors (Lipinski definition) is 4. The molecule has 0 aliphatic carbocycles. The van der Waals surface area contributed by atoms with E-state index in [1.807, 2.05) is 23.1 Å². The molecule has 0 radical (unpaired) electrons. The summed E-state index contributed by atoms with van der Waals surface area (Å²) >= 11 is 0. The SMILES string of the molecule is O=C(NCC1CCOc2ccccc21)N1CCC(c2noc3cc(F)ccc23)CC1. The van der Waals surface area contributed by atoms with Crippen molar-refractivity contribution in [1.82, 2.24) is 15.4 Å². The molecule has 1 atom stereocenters. The number of carbonyl (C=O) groups excluding carboxylic acids is 1. The quantitative estimate of drug-likeness (QED) is 0.695. The minimum Gasteiger partial charge on any atom is -0.493 e. The van der Waals surface area contributed by atoms with E-state index in [9.17, 15) is 9.18 Å². The molecule has 1 unspecified atom stereocenters. The molecule has 3 heterocycles. The monoisotopic (exact) mass is 409 g/mol. The van der Waals surface area contributed by atoms with Crippen molar-refractivity contribution in [2.24, 2.45) is 0 Å². The Kier molecular flexibility index (Phi) is 5.02. The topological polar surface area (TPSA) is 67.6 Å². The van der Waals surface area contributed by atoms with Gasteiger partial charge in [0.25, 0.3) is 0 Å². The van der Waals surface area contributed by atoms with Crippen molar-refractivity contribution >= 4 is 17.0 Å². The van der Waals surface area contributed by atoms with Crippen molar-refractivity contribution < 1.29 is 18.4 Å². The smallest absolute Gasteiger partial charge is 0.317 e. The zero-order valence-corrected chi connectivity index (χ0v) is 16.6. The lowest BCUT2D eigenvalue weighted by molar-refractivity contribution is 0.178. The molecule has 2 aromatic carbocycles. The summed E-state index contributed by atoms with van der Waals surface area (Å²) in [6.07, 6.45) is 2.53. The van der Waals surface area contributed by atoms with Gasteiger partial charge in [0.15, 0.2) is 5.58 Å². The van der Waals surface area contributed by atoms with Crippen LogP contribution in [0.5, 0.6) is 5.75 Å². The van der Waals surface area contributed by atoms with Gasteiger partial charge in [-0.05, 0) is 43.0 Å². The second-order valence-electron chi connectivity index (χ2n) is 8.03. The highest BCUT2D eigenvalue weighted by Gasteiger charge is 2.28. The van der Waals surface area contributed by atoms with E-state index < -0.39 is 0 Å². The van der Waals surface area contributed by atoms with E-state index in [2.05, 4.69) is 16.5 Å². The van der Waals surface area contributed by atoms with Crippen LogP contribution in [0.1, 0.15) is 42.4 Å². The Morgan fingerprint density at radius 2 is 2.00 bits per heavy atom. The fraction of sp³-hybridized carbons (Fsp3) is 0.391. The summed E-state index contributed by atoms with van der Waals surface area (Å²) in [6.45, 7) is 2.62. The standard InChI is InChI=1S/C23H24FN3O3/c24-17-5-6-19-21(13-17)30-26-22(19)15-7-10-27(11-8-15)23(28)25-14-16-9-12-29-20-4-2-1-3-18(16)20/h1-6,13,15-16H,7-12,14H2,(H,25,28). The Labute approximate surface area is 174 Å². The van der Waals surface area contributed by atoms with Gasteiger partial charge >= 0.3 is 6.03 Å². The molecule has 1 saturated heterocycles. The zero-order chi connectivity index (χ0) is 20.5. The number of nitrogens with zero attached hydrogens (tertiary/aromatic N) is 2. The van der Waals surface area contributed by atoms with Gasteiger partial charge in [0.05, 0.1) is 12.3 Å². The van der Waals surface area contributed by atoms with Crippen LogP contribution in [0.15, 0.2) is 47.0 Å². The summed E-state index contributed by atoms with van der Waals surface area (Å²) < 4.78 is 24.4. The Balaban J connectivity index is 1.17. The molecule has 2 aliphatic rings. The summed E-state index contributed by atoms with van der Waals surface area (Å²) in [5, 5.41) is 8.14. The largest absolute Gasteiger partial charge is 0.493 e. The normalized spacial score (nSPS) is 19.4. The number of aromatic nitrogens is 1. The van der Waals surface area contributed by atoms with Gasteiger partial charge in [-0.15, -0.1) is 0 Å². The summed E-state index contributed by atoms with van der Waals surface area (Å²) in [7, 11) is 0. The first kappa shape index (κ1) is 18.9. The van der Waals surface area contributed by atoms with Crippen molar-refractivity contribution in [3.05, 3.63) is 59.5 Å². The Morgan fingerprint density at radius 3 is 2.87 bits per heavy atom. The van der Waals surface area contributed by atoms with Crippen molar-refractivity contribution in [2.45, 2.75) is 31.1 Å². The summed E-state index contributed by atoms with van der Waals surface area (Å²) in [4.78, 5) is 14.6. The molecule has 3 aromatic rings. The molecule has 1 fully saturated rings. The maximum atomic E-state index is 13.4. The summed E-state index contributed by atoms with van der Waals surface area (Å²) in [5.74, 6) is 1.08. The lowest BCUT2D eigenvalue weighted by Crippen LogP contribution is -2.45. The lowest BCUT2D eigenvalue weighted by Gasteiger charge is -2.32. The maximum Gasteiger partial charge on any atom is 0.317 e. The van der Waals surface area contributed by atoms with E-state index in [-0.39, 0.29) is 23.7 Å². The van der Waals surface area contributed by atoms with E-state index >= 15 is 0 Å². The first-order valence-corrected chi connectivity index (χ1v) is 10.5. The highest BCUT2D eigenvalue weighted by atomic mass is 19.1. The van der Waals surface area contributed by atoms with Gasteiger partial charge in [-0.25, -0.2) is 9.18 Å². The fourth-order valence-electron chi connectivity index (χ4n) is 4.53. The summed E-state index contributed by atoms with van der Waals surface area (Å²) in [6, 6.07) is 12.5. The Hall–Kier alpha value is -3.09. The molecular weight excluding hydrogens is 385 g/mol. The van der Waals surface area contributed by atoms with Gasteiger partial charge < -0.3 is 19.5 Å². The van der Waals surface area contributed by atoms with Crippen LogP contribution in [0.25, 0.3) is 11.0 Å². The van der Waals surface area contributed by atoms with Gasteiger partial charge in [0.2, 0.25) is 0 Å². The predicted molar refractivity (Wildman–Crippen MR) is 110 cm³/mol. The van der Waals surface area contributed by atoms with Crippen LogP contribution in [0.4, 0.5) is 9.18 Å². The molecule has 7 heteroatoms. The molecule has 6 nitrogen and oxygen atoms in total. The molecule has 156 valence electrons. The van der Waals surface area contributed by atoms with Crippen LogP contribution in [-0.2, 0) is 0 Å². The van der Waals surface area contributed by atoms with Crippen LogP contribution in [0.2, 0.25) is 0 Å². The molecule has 30 heavy (non-hydrogen) atoms. The average molecular weight is 409 g/mol. The van der Waals surface area contributed by atoms with E-state index in [4.69, 9.17) is 9.26 Å². The minimum atomic E-state index is -0.330. The molecule has 2 aliphatic heterocycles. The number of likely N-dealkylation sites (tertiary alicyclic amines) is 1.